The maximum absolute atomic E-state index is 12.3. The average Bonchev–Trinajstić information content (AvgIpc) is 3.16. The lowest BCUT2D eigenvalue weighted by molar-refractivity contribution is -0.124. The molecule has 1 aromatic heterocycles. The first-order chi connectivity index (χ1) is 12.1. The van der Waals surface area contributed by atoms with Gasteiger partial charge in [0.2, 0.25) is 0 Å². The minimum Gasteiger partial charge on any atom is -0.496 e. The topological polar surface area (TPSA) is 83.1 Å². The zero-order chi connectivity index (χ0) is 18.2. The summed E-state index contributed by atoms with van der Waals surface area (Å²) < 4.78 is 20.6. The van der Waals surface area contributed by atoms with Crippen molar-refractivity contribution in [1.82, 2.24) is 5.32 Å². The number of nitrogens with one attached hydrogen (secondary N) is 1. The molecule has 7 nitrogen and oxygen atoms in total. The van der Waals surface area contributed by atoms with Crippen LogP contribution in [0, 0.1) is 0 Å². The summed E-state index contributed by atoms with van der Waals surface area (Å²) in [6.07, 6.45) is 0. The van der Waals surface area contributed by atoms with Gasteiger partial charge in [0.25, 0.3) is 5.91 Å². The van der Waals surface area contributed by atoms with E-state index >= 15 is 0 Å². The molecule has 1 heterocycles. The van der Waals surface area contributed by atoms with Crippen molar-refractivity contribution in [2.45, 2.75) is 6.54 Å². The Morgan fingerprint density at radius 3 is 2.32 bits per heavy atom. The number of hydrogen-bond acceptors (Lipinski definition) is 7. The van der Waals surface area contributed by atoms with Gasteiger partial charge in [-0.2, -0.15) is 0 Å². The summed E-state index contributed by atoms with van der Waals surface area (Å²) in [5.74, 6) is -0.0334. The molecule has 134 valence electrons. The predicted molar refractivity (Wildman–Crippen MR) is 92.5 cm³/mol. The number of methoxy groups -OCH3 is 3. The monoisotopic (exact) mass is 365 g/mol. The van der Waals surface area contributed by atoms with E-state index in [9.17, 15) is 9.59 Å². The van der Waals surface area contributed by atoms with Crippen molar-refractivity contribution in [1.29, 1.82) is 0 Å². The van der Waals surface area contributed by atoms with E-state index in [4.69, 9.17) is 18.9 Å². The minimum absolute atomic E-state index is 0.145. The Bertz CT molecular complexity index is 729. The van der Waals surface area contributed by atoms with Gasteiger partial charge in [0.05, 0.1) is 27.9 Å². The lowest BCUT2D eigenvalue weighted by Crippen LogP contribution is -2.28. The Hall–Kier alpha value is -2.74. The molecule has 1 aromatic carbocycles. The summed E-state index contributed by atoms with van der Waals surface area (Å²) in [6, 6.07) is 6.77. The van der Waals surface area contributed by atoms with Gasteiger partial charge in [0, 0.05) is 17.0 Å². The SMILES string of the molecule is COc1cc(OC)c(C(=O)OCC(=O)NCc2cccs2)cc1OC. The number of hydrogen-bond donors (Lipinski definition) is 1. The molecule has 0 spiro atoms. The van der Waals surface area contributed by atoms with Crippen LogP contribution in [-0.2, 0) is 16.1 Å². The maximum Gasteiger partial charge on any atom is 0.342 e. The summed E-state index contributed by atoms with van der Waals surface area (Å²) >= 11 is 1.53. The Kier molecular flexibility index (Phi) is 6.64. The van der Waals surface area contributed by atoms with E-state index in [1.165, 1.54) is 44.8 Å². The van der Waals surface area contributed by atoms with Crippen molar-refractivity contribution >= 4 is 23.2 Å². The highest BCUT2D eigenvalue weighted by Crippen LogP contribution is 2.34. The van der Waals surface area contributed by atoms with E-state index in [1.807, 2.05) is 17.5 Å². The molecule has 0 fully saturated rings. The third-order valence-corrected chi connectivity index (χ3v) is 4.18. The second-order valence-electron chi connectivity index (χ2n) is 4.84. The highest BCUT2D eigenvalue weighted by Gasteiger charge is 2.19. The van der Waals surface area contributed by atoms with Gasteiger partial charge in [0.1, 0.15) is 11.3 Å². The van der Waals surface area contributed by atoms with Gasteiger partial charge in [0.15, 0.2) is 18.1 Å². The predicted octanol–water partition coefficient (Wildman–Crippen LogP) is 2.25. The highest BCUT2D eigenvalue weighted by molar-refractivity contribution is 7.09. The first kappa shape index (κ1) is 18.6. The lowest BCUT2D eigenvalue weighted by atomic mass is 10.1. The number of rotatable bonds is 8. The number of carbonyl (C=O) groups excluding carboxylic acids is 2. The van der Waals surface area contributed by atoms with Gasteiger partial charge < -0.3 is 24.3 Å². The molecule has 8 heteroatoms. The molecule has 1 N–H and O–H groups in total. The second kappa shape index (κ2) is 8.93. The molecule has 0 atom stereocenters. The molecule has 0 saturated carbocycles. The number of thiophene rings is 1. The van der Waals surface area contributed by atoms with Crippen LogP contribution in [0.2, 0.25) is 0 Å². The maximum atomic E-state index is 12.3. The van der Waals surface area contributed by atoms with E-state index in [0.717, 1.165) is 4.88 Å². The van der Waals surface area contributed by atoms with Gasteiger partial charge in [-0.25, -0.2) is 4.79 Å². The summed E-state index contributed by atoms with van der Waals surface area (Å²) in [4.78, 5) is 25.1. The minimum atomic E-state index is -0.691. The lowest BCUT2D eigenvalue weighted by Gasteiger charge is -2.13. The number of amides is 1. The molecule has 0 aliphatic rings. The third kappa shape index (κ3) is 4.87. The normalized spacial score (nSPS) is 10.0. The zero-order valence-electron chi connectivity index (χ0n) is 14.2. The molecule has 2 rings (SSSR count). The Morgan fingerprint density at radius 2 is 1.72 bits per heavy atom. The van der Waals surface area contributed by atoms with E-state index < -0.39 is 5.97 Å². The number of esters is 1. The molecule has 25 heavy (non-hydrogen) atoms. The van der Waals surface area contributed by atoms with E-state index in [1.54, 1.807) is 0 Å². The summed E-state index contributed by atoms with van der Waals surface area (Å²) in [5, 5.41) is 4.60. The molecule has 0 saturated heterocycles. The molecule has 0 unspecified atom stereocenters. The van der Waals surface area contributed by atoms with Gasteiger partial charge in [-0.1, -0.05) is 6.07 Å². The Balaban J connectivity index is 1.98. The van der Waals surface area contributed by atoms with Gasteiger partial charge >= 0.3 is 5.97 Å². The quantitative estimate of drug-likeness (QED) is 0.723. The van der Waals surface area contributed by atoms with Crippen LogP contribution in [0.1, 0.15) is 15.2 Å². The molecular formula is C17H19NO6S. The fourth-order valence-corrected chi connectivity index (χ4v) is 2.69. The summed E-state index contributed by atoms with van der Waals surface area (Å²) in [6.45, 7) is 0.00936. The average molecular weight is 365 g/mol. The van der Waals surface area contributed by atoms with E-state index in [-0.39, 0.29) is 23.8 Å². The second-order valence-corrected chi connectivity index (χ2v) is 5.87. The van der Waals surface area contributed by atoms with Crippen molar-refractivity contribution in [3.63, 3.8) is 0 Å². The highest BCUT2D eigenvalue weighted by atomic mass is 32.1. The Labute approximate surface area is 149 Å². The molecule has 0 aliphatic carbocycles. The van der Waals surface area contributed by atoms with Crippen molar-refractivity contribution in [2.75, 3.05) is 27.9 Å². The van der Waals surface area contributed by atoms with Crippen LogP contribution in [0.25, 0.3) is 0 Å². The van der Waals surface area contributed by atoms with Crippen LogP contribution in [-0.4, -0.2) is 39.8 Å². The van der Waals surface area contributed by atoms with Crippen molar-refractivity contribution in [3.05, 3.63) is 40.1 Å². The molecule has 0 bridgehead atoms. The van der Waals surface area contributed by atoms with Crippen LogP contribution in [0.5, 0.6) is 17.2 Å². The van der Waals surface area contributed by atoms with Crippen LogP contribution < -0.4 is 19.5 Å². The molecule has 0 radical (unpaired) electrons. The standard InChI is InChI=1S/C17H19NO6S/c1-21-13-8-15(23-3)14(22-2)7-12(13)17(20)24-10-16(19)18-9-11-5-4-6-25-11/h4-8H,9-10H2,1-3H3,(H,18,19). The molecule has 0 aliphatic heterocycles. The fraction of sp³-hybridized carbons (Fsp3) is 0.294. The van der Waals surface area contributed by atoms with Crippen molar-refractivity contribution < 1.29 is 28.5 Å². The molecule has 2 aromatic rings. The fourth-order valence-electron chi connectivity index (χ4n) is 2.05. The van der Waals surface area contributed by atoms with Crippen LogP contribution in [0.15, 0.2) is 29.6 Å². The molecule has 1 amide bonds. The summed E-state index contributed by atoms with van der Waals surface area (Å²) in [5.41, 5.74) is 0.145. The number of carbonyl (C=O) groups is 2. The smallest absolute Gasteiger partial charge is 0.342 e. The summed E-state index contributed by atoms with van der Waals surface area (Å²) in [7, 11) is 4.36. The van der Waals surface area contributed by atoms with Crippen LogP contribution in [0.4, 0.5) is 0 Å². The number of ether oxygens (including phenoxy) is 4. The zero-order valence-corrected chi connectivity index (χ0v) is 15.0. The Morgan fingerprint density at radius 1 is 1.04 bits per heavy atom. The van der Waals surface area contributed by atoms with Crippen LogP contribution >= 0.6 is 11.3 Å². The number of benzene rings is 1. The van der Waals surface area contributed by atoms with Crippen LogP contribution in [0.3, 0.4) is 0 Å². The third-order valence-electron chi connectivity index (χ3n) is 3.30. The van der Waals surface area contributed by atoms with Crippen molar-refractivity contribution in [2.24, 2.45) is 0 Å². The van der Waals surface area contributed by atoms with E-state index in [2.05, 4.69) is 5.32 Å². The first-order valence-electron chi connectivity index (χ1n) is 7.35. The van der Waals surface area contributed by atoms with Gasteiger partial charge in [-0.05, 0) is 11.4 Å². The first-order valence-corrected chi connectivity index (χ1v) is 8.23. The van der Waals surface area contributed by atoms with Crippen molar-refractivity contribution in [3.8, 4) is 17.2 Å². The molecular weight excluding hydrogens is 346 g/mol. The van der Waals surface area contributed by atoms with Gasteiger partial charge in [-0.3, -0.25) is 4.79 Å². The largest absolute Gasteiger partial charge is 0.496 e. The van der Waals surface area contributed by atoms with Gasteiger partial charge in [-0.15, -0.1) is 11.3 Å². The van der Waals surface area contributed by atoms with E-state index in [0.29, 0.717) is 18.0 Å².